The molecule has 1 amide bonds. The smallest absolute Gasteiger partial charge is 0.355 e. The van der Waals surface area contributed by atoms with E-state index in [0.717, 1.165) is 37.8 Å². The maximum absolute atomic E-state index is 13.4. The number of unbranched alkanes of at least 4 members (excludes halogenated alkanes) is 1. The van der Waals surface area contributed by atoms with Crippen LogP contribution in [0.15, 0.2) is 42.6 Å². The zero-order valence-electron chi connectivity index (χ0n) is 19.6. The SMILES string of the molecule is CCCCN(CC)c1ccc2nc(C(=O)N3CCC(c4ccccc4C(F)(F)F)CC3)cn2n1. The molecular formula is C25H30F3N5O. The van der Waals surface area contributed by atoms with Crippen LogP contribution in [-0.2, 0) is 6.18 Å². The predicted octanol–water partition coefficient (Wildman–Crippen LogP) is 5.39. The fraction of sp³-hybridized carbons (Fsp3) is 0.480. The minimum atomic E-state index is -4.38. The first kappa shape index (κ1) is 24.0. The number of carbonyl (C=O) groups excluding carboxylic acids is 1. The van der Waals surface area contributed by atoms with Crippen molar-refractivity contribution in [2.45, 2.75) is 51.6 Å². The monoisotopic (exact) mass is 473 g/mol. The van der Waals surface area contributed by atoms with Gasteiger partial charge in [-0.2, -0.15) is 13.2 Å². The van der Waals surface area contributed by atoms with E-state index >= 15 is 0 Å². The van der Waals surface area contributed by atoms with E-state index in [-0.39, 0.29) is 11.8 Å². The molecule has 0 radical (unpaired) electrons. The van der Waals surface area contributed by atoms with Crippen molar-refractivity contribution in [2.75, 3.05) is 31.1 Å². The number of nitrogens with zero attached hydrogens (tertiary/aromatic N) is 5. The van der Waals surface area contributed by atoms with E-state index in [1.54, 1.807) is 27.7 Å². The number of rotatable bonds is 7. The Morgan fingerprint density at radius 3 is 2.53 bits per heavy atom. The number of anilines is 1. The summed E-state index contributed by atoms with van der Waals surface area (Å²) in [5, 5.41) is 4.63. The molecule has 3 aromatic rings. The lowest BCUT2D eigenvalue weighted by Crippen LogP contribution is -2.38. The molecule has 4 rings (SSSR count). The summed E-state index contributed by atoms with van der Waals surface area (Å²) in [5.41, 5.74) is 0.625. The Morgan fingerprint density at radius 2 is 1.85 bits per heavy atom. The molecule has 0 N–H and O–H groups in total. The molecule has 9 heteroatoms. The summed E-state index contributed by atoms with van der Waals surface area (Å²) in [4.78, 5) is 21.4. The molecule has 2 aromatic heterocycles. The first-order chi connectivity index (χ1) is 16.3. The number of aromatic nitrogens is 3. The van der Waals surface area contributed by atoms with Crippen molar-refractivity contribution in [3.8, 4) is 0 Å². The highest BCUT2D eigenvalue weighted by atomic mass is 19.4. The predicted molar refractivity (Wildman–Crippen MR) is 125 cm³/mol. The third kappa shape index (κ3) is 5.03. The number of imidazole rings is 1. The number of carbonyl (C=O) groups is 1. The number of piperidine rings is 1. The number of hydrogen-bond acceptors (Lipinski definition) is 4. The molecule has 0 saturated carbocycles. The van der Waals surface area contributed by atoms with Crippen LogP contribution in [0.5, 0.6) is 0 Å². The molecule has 182 valence electrons. The van der Waals surface area contributed by atoms with Gasteiger partial charge in [0.2, 0.25) is 0 Å². The summed E-state index contributed by atoms with van der Waals surface area (Å²) in [6.45, 7) is 6.77. The third-order valence-electron chi connectivity index (χ3n) is 6.50. The second-order valence-electron chi connectivity index (χ2n) is 8.71. The fourth-order valence-corrected chi connectivity index (χ4v) is 4.59. The van der Waals surface area contributed by atoms with Crippen molar-refractivity contribution >= 4 is 17.4 Å². The maximum Gasteiger partial charge on any atom is 0.416 e. The molecule has 6 nitrogen and oxygen atoms in total. The van der Waals surface area contributed by atoms with Gasteiger partial charge < -0.3 is 9.80 Å². The van der Waals surface area contributed by atoms with Crippen LogP contribution in [0.4, 0.5) is 19.0 Å². The number of amides is 1. The van der Waals surface area contributed by atoms with Crippen LogP contribution >= 0.6 is 0 Å². The quantitative estimate of drug-likeness (QED) is 0.462. The summed E-state index contributed by atoms with van der Waals surface area (Å²) < 4.78 is 41.9. The summed E-state index contributed by atoms with van der Waals surface area (Å²) in [5.74, 6) is 0.396. The lowest BCUT2D eigenvalue weighted by atomic mass is 9.86. The van der Waals surface area contributed by atoms with Gasteiger partial charge in [-0.15, -0.1) is 5.10 Å². The van der Waals surface area contributed by atoms with Crippen LogP contribution in [0.2, 0.25) is 0 Å². The van der Waals surface area contributed by atoms with E-state index in [1.165, 1.54) is 6.07 Å². The van der Waals surface area contributed by atoms with Crippen molar-refractivity contribution in [3.05, 3.63) is 59.4 Å². The summed E-state index contributed by atoms with van der Waals surface area (Å²) in [6.07, 6.45) is 0.399. The fourth-order valence-electron chi connectivity index (χ4n) is 4.59. The average molecular weight is 474 g/mol. The van der Waals surface area contributed by atoms with Crippen molar-refractivity contribution in [1.82, 2.24) is 19.5 Å². The number of alkyl halides is 3. The zero-order valence-corrected chi connectivity index (χ0v) is 19.6. The Bertz CT molecular complexity index is 1140. The van der Waals surface area contributed by atoms with E-state index in [9.17, 15) is 18.0 Å². The molecule has 1 aromatic carbocycles. The molecule has 3 heterocycles. The average Bonchev–Trinajstić information content (AvgIpc) is 3.27. The Kier molecular flexibility index (Phi) is 7.09. The molecular weight excluding hydrogens is 443 g/mol. The van der Waals surface area contributed by atoms with Gasteiger partial charge in [-0.3, -0.25) is 4.79 Å². The second-order valence-corrected chi connectivity index (χ2v) is 8.71. The highest BCUT2D eigenvalue weighted by molar-refractivity contribution is 5.93. The topological polar surface area (TPSA) is 53.7 Å². The number of halogens is 3. The van der Waals surface area contributed by atoms with Crippen molar-refractivity contribution in [1.29, 1.82) is 0 Å². The number of fused-ring (bicyclic) bond motifs is 1. The number of hydrogen-bond donors (Lipinski definition) is 0. The van der Waals surface area contributed by atoms with Gasteiger partial charge in [0.05, 0.1) is 11.8 Å². The molecule has 1 saturated heterocycles. The second kappa shape index (κ2) is 10.0. The molecule has 0 atom stereocenters. The molecule has 1 aliphatic rings. The summed E-state index contributed by atoms with van der Waals surface area (Å²) in [6, 6.07) is 9.51. The van der Waals surface area contributed by atoms with Gasteiger partial charge in [0.1, 0.15) is 11.5 Å². The van der Waals surface area contributed by atoms with Crippen molar-refractivity contribution < 1.29 is 18.0 Å². The van der Waals surface area contributed by atoms with Crippen LogP contribution < -0.4 is 4.90 Å². The normalized spacial score (nSPS) is 15.1. The highest BCUT2D eigenvalue weighted by Crippen LogP contribution is 2.38. The standard InChI is InChI=1S/C25H30F3N5O/c1-3-5-14-31(4-2)23-11-10-22-29-21(17-33(22)30-23)24(34)32-15-12-18(13-16-32)19-8-6-7-9-20(19)25(26,27)28/h6-11,17-18H,3-5,12-16H2,1-2H3. The number of likely N-dealkylation sites (tertiary alicyclic amines) is 1. The molecule has 0 unspecified atom stereocenters. The van der Waals surface area contributed by atoms with Gasteiger partial charge in [0, 0.05) is 26.2 Å². The molecule has 0 spiro atoms. The van der Waals surface area contributed by atoms with E-state index in [1.807, 2.05) is 12.1 Å². The first-order valence-corrected chi connectivity index (χ1v) is 11.9. The summed E-state index contributed by atoms with van der Waals surface area (Å²) in [7, 11) is 0. The van der Waals surface area contributed by atoms with Crippen molar-refractivity contribution in [2.24, 2.45) is 0 Å². The van der Waals surface area contributed by atoms with Crippen LogP contribution in [0, 0.1) is 0 Å². The maximum atomic E-state index is 13.4. The lowest BCUT2D eigenvalue weighted by molar-refractivity contribution is -0.138. The van der Waals surface area contributed by atoms with Crippen LogP contribution in [0.3, 0.4) is 0 Å². The lowest BCUT2D eigenvalue weighted by Gasteiger charge is -2.32. The van der Waals surface area contributed by atoms with E-state index in [0.29, 0.717) is 42.8 Å². The third-order valence-corrected chi connectivity index (χ3v) is 6.50. The molecule has 1 fully saturated rings. The van der Waals surface area contributed by atoms with Gasteiger partial charge in [0.25, 0.3) is 5.91 Å². The van der Waals surface area contributed by atoms with Gasteiger partial charge in [-0.25, -0.2) is 9.50 Å². The summed E-state index contributed by atoms with van der Waals surface area (Å²) >= 11 is 0. The minimum Gasteiger partial charge on any atom is -0.355 e. The van der Waals surface area contributed by atoms with Gasteiger partial charge in [0.15, 0.2) is 5.65 Å². The Morgan fingerprint density at radius 1 is 1.12 bits per heavy atom. The van der Waals surface area contributed by atoms with E-state index in [4.69, 9.17) is 0 Å². The van der Waals surface area contributed by atoms with E-state index in [2.05, 4.69) is 28.8 Å². The molecule has 0 aliphatic carbocycles. The highest BCUT2D eigenvalue weighted by Gasteiger charge is 2.36. The van der Waals surface area contributed by atoms with Gasteiger partial charge in [-0.05, 0) is 55.9 Å². The van der Waals surface area contributed by atoms with Crippen LogP contribution in [-0.4, -0.2) is 51.6 Å². The van der Waals surface area contributed by atoms with Crippen molar-refractivity contribution in [3.63, 3.8) is 0 Å². The largest absolute Gasteiger partial charge is 0.416 e. The van der Waals surface area contributed by atoms with Gasteiger partial charge in [-0.1, -0.05) is 31.5 Å². The Balaban J connectivity index is 1.46. The molecule has 1 aliphatic heterocycles. The Labute approximate surface area is 197 Å². The van der Waals surface area contributed by atoms with Gasteiger partial charge >= 0.3 is 6.18 Å². The van der Waals surface area contributed by atoms with Crippen LogP contribution in [0.1, 0.15) is 67.1 Å². The van der Waals surface area contributed by atoms with Crippen LogP contribution in [0.25, 0.3) is 5.65 Å². The molecule has 34 heavy (non-hydrogen) atoms. The zero-order chi connectivity index (χ0) is 24.3. The molecule has 0 bridgehead atoms. The first-order valence-electron chi connectivity index (χ1n) is 11.9. The Hall–Kier alpha value is -3.10. The minimum absolute atomic E-state index is 0.215. The van der Waals surface area contributed by atoms with E-state index < -0.39 is 11.7 Å². The number of benzene rings is 1.